The molecule has 2 aliphatic rings. The number of amides is 2. The van der Waals surface area contributed by atoms with Crippen molar-refractivity contribution in [3.05, 3.63) is 29.8 Å². The van der Waals surface area contributed by atoms with Crippen molar-refractivity contribution in [1.29, 1.82) is 0 Å². The van der Waals surface area contributed by atoms with Crippen molar-refractivity contribution in [3.8, 4) is 5.75 Å². The van der Waals surface area contributed by atoms with E-state index in [9.17, 15) is 14.7 Å². The van der Waals surface area contributed by atoms with Gasteiger partial charge in [0, 0.05) is 31.7 Å². The van der Waals surface area contributed by atoms with E-state index in [4.69, 9.17) is 4.74 Å². The molecule has 1 aromatic carbocycles. The van der Waals surface area contributed by atoms with Gasteiger partial charge in [-0.2, -0.15) is 0 Å². The van der Waals surface area contributed by atoms with Gasteiger partial charge in [0.25, 0.3) is 5.91 Å². The molecule has 29 heavy (non-hydrogen) atoms. The predicted molar refractivity (Wildman–Crippen MR) is 110 cm³/mol. The van der Waals surface area contributed by atoms with Gasteiger partial charge < -0.3 is 20.5 Å². The first-order chi connectivity index (χ1) is 13.7. The summed E-state index contributed by atoms with van der Waals surface area (Å²) in [4.78, 5) is 26.6. The Morgan fingerprint density at radius 2 is 2.07 bits per heavy atom. The summed E-state index contributed by atoms with van der Waals surface area (Å²) in [5.41, 5.74) is 0.151. The highest BCUT2D eigenvalue weighted by atomic mass is 16.5. The minimum absolute atomic E-state index is 0.0155. The van der Waals surface area contributed by atoms with Gasteiger partial charge in [-0.15, -0.1) is 0 Å². The molecule has 1 unspecified atom stereocenters. The molecule has 3 rings (SSSR count). The molecule has 160 valence electrons. The SMILES string of the molecule is CC(C)(C)NC(=O)COc1ccc(CN2CCC(O)[C@@]3(CCCNC3=O)C2)cc1. The summed E-state index contributed by atoms with van der Waals surface area (Å²) in [6, 6.07) is 7.69. The second-order valence-electron chi connectivity index (χ2n) is 9.26. The Kier molecular flexibility index (Phi) is 6.49. The third-order valence-corrected chi connectivity index (χ3v) is 5.61. The smallest absolute Gasteiger partial charge is 0.258 e. The third kappa shape index (κ3) is 5.48. The van der Waals surface area contributed by atoms with Crippen molar-refractivity contribution < 1.29 is 19.4 Å². The monoisotopic (exact) mass is 403 g/mol. The lowest BCUT2D eigenvalue weighted by atomic mass is 9.71. The lowest BCUT2D eigenvalue weighted by molar-refractivity contribution is -0.149. The van der Waals surface area contributed by atoms with E-state index < -0.39 is 11.5 Å². The summed E-state index contributed by atoms with van der Waals surface area (Å²) in [6.07, 6.45) is 1.68. The minimum Gasteiger partial charge on any atom is -0.484 e. The largest absolute Gasteiger partial charge is 0.484 e. The van der Waals surface area contributed by atoms with E-state index in [1.165, 1.54) is 0 Å². The molecule has 1 spiro atoms. The number of nitrogens with one attached hydrogen (secondary N) is 2. The van der Waals surface area contributed by atoms with Gasteiger partial charge in [0.1, 0.15) is 5.75 Å². The van der Waals surface area contributed by atoms with Crippen molar-refractivity contribution in [2.45, 2.75) is 58.2 Å². The second kappa shape index (κ2) is 8.71. The summed E-state index contributed by atoms with van der Waals surface area (Å²) in [5, 5.41) is 16.3. The summed E-state index contributed by atoms with van der Waals surface area (Å²) in [5.74, 6) is 0.484. The summed E-state index contributed by atoms with van der Waals surface area (Å²) in [7, 11) is 0. The van der Waals surface area contributed by atoms with E-state index in [1.807, 2.05) is 45.0 Å². The van der Waals surface area contributed by atoms with Crippen LogP contribution in [0.2, 0.25) is 0 Å². The van der Waals surface area contributed by atoms with E-state index >= 15 is 0 Å². The Morgan fingerprint density at radius 3 is 2.72 bits per heavy atom. The molecule has 3 N–H and O–H groups in total. The number of piperidine rings is 2. The highest BCUT2D eigenvalue weighted by Crippen LogP contribution is 2.37. The van der Waals surface area contributed by atoms with Crippen LogP contribution in [0.4, 0.5) is 0 Å². The van der Waals surface area contributed by atoms with Crippen LogP contribution < -0.4 is 15.4 Å². The van der Waals surface area contributed by atoms with Crippen molar-refractivity contribution in [3.63, 3.8) is 0 Å². The fourth-order valence-corrected chi connectivity index (χ4v) is 4.22. The zero-order valence-corrected chi connectivity index (χ0v) is 17.7. The molecule has 0 aromatic heterocycles. The Balaban J connectivity index is 1.54. The van der Waals surface area contributed by atoms with Crippen LogP contribution in [0.1, 0.15) is 45.6 Å². The maximum Gasteiger partial charge on any atom is 0.258 e. The zero-order chi connectivity index (χ0) is 21.1. The highest BCUT2D eigenvalue weighted by molar-refractivity contribution is 5.84. The number of carbonyl (C=O) groups is 2. The molecule has 2 aliphatic heterocycles. The number of rotatable bonds is 5. The summed E-state index contributed by atoms with van der Waals surface area (Å²) < 4.78 is 5.57. The average molecular weight is 404 g/mol. The van der Waals surface area contributed by atoms with E-state index in [2.05, 4.69) is 15.5 Å². The molecule has 0 bridgehead atoms. The van der Waals surface area contributed by atoms with Gasteiger partial charge in [0.05, 0.1) is 11.5 Å². The molecular weight excluding hydrogens is 370 g/mol. The molecule has 2 fully saturated rings. The van der Waals surface area contributed by atoms with Crippen LogP contribution in [0.5, 0.6) is 5.75 Å². The van der Waals surface area contributed by atoms with Gasteiger partial charge in [-0.05, 0) is 57.7 Å². The topological polar surface area (TPSA) is 90.9 Å². The summed E-state index contributed by atoms with van der Waals surface area (Å²) in [6.45, 7) is 8.53. The molecular formula is C22H33N3O4. The Labute approximate surface area is 172 Å². The van der Waals surface area contributed by atoms with E-state index in [1.54, 1.807) is 0 Å². The van der Waals surface area contributed by atoms with Gasteiger partial charge in [0.15, 0.2) is 6.61 Å². The highest BCUT2D eigenvalue weighted by Gasteiger charge is 2.49. The first-order valence-electron chi connectivity index (χ1n) is 10.4. The number of ether oxygens (including phenoxy) is 1. The van der Waals surface area contributed by atoms with Crippen LogP contribution in [-0.2, 0) is 16.1 Å². The van der Waals surface area contributed by atoms with E-state index in [-0.39, 0.29) is 24.0 Å². The minimum atomic E-state index is -0.681. The molecule has 0 saturated carbocycles. The molecule has 2 atom stereocenters. The fraction of sp³-hybridized carbons (Fsp3) is 0.636. The van der Waals surface area contributed by atoms with Crippen molar-refractivity contribution >= 4 is 11.8 Å². The molecule has 0 aliphatic carbocycles. The maximum atomic E-state index is 12.5. The summed E-state index contributed by atoms with van der Waals surface area (Å²) >= 11 is 0. The predicted octanol–water partition coefficient (Wildman–Crippen LogP) is 1.44. The van der Waals surface area contributed by atoms with Crippen LogP contribution in [0.3, 0.4) is 0 Å². The normalized spacial score (nSPS) is 25.5. The van der Waals surface area contributed by atoms with Crippen LogP contribution in [0.25, 0.3) is 0 Å². The molecule has 0 radical (unpaired) electrons. The van der Waals surface area contributed by atoms with Crippen molar-refractivity contribution in [2.24, 2.45) is 5.41 Å². The molecule has 2 amide bonds. The number of aliphatic hydroxyl groups is 1. The average Bonchev–Trinajstić information content (AvgIpc) is 2.65. The number of nitrogens with zero attached hydrogens (tertiary/aromatic N) is 1. The molecule has 1 aromatic rings. The van der Waals surface area contributed by atoms with Crippen LogP contribution in [0.15, 0.2) is 24.3 Å². The Hall–Kier alpha value is -2.12. The molecule has 7 heteroatoms. The number of likely N-dealkylation sites (tertiary alicyclic amines) is 1. The van der Waals surface area contributed by atoms with Crippen molar-refractivity contribution in [1.82, 2.24) is 15.5 Å². The molecule has 2 heterocycles. The quantitative estimate of drug-likeness (QED) is 0.692. The zero-order valence-electron chi connectivity index (χ0n) is 17.7. The number of benzene rings is 1. The number of hydrogen-bond acceptors (Lipinski definition) is 5. The van der Waals surface area contributed by atoms with Gasteiger partial charge in [-0.3, -0.25) is 14.5 Å². The first kappa shape index (κ1) is 21.6. The number of aliphatic hydroxyl groups excluding tert-OH is 1. The number of carbonyl (C=O) groups excluding carboxylic acids is 2. The third-order valence-electron chi connectivity index (χ3n) is 5.61. The lowest BCUT2D eigenvalue weighted by Crippen LogP contribution is -2.61. The van der Waals surface area contributed by atoms with Gasteiger partial charge in [0.2, 0.25) is 5.91 Å². The first-order valence-corrected chi connectivity index (χ1v) is 10.4. The molecule has 7 nitrogen and oxygen atoms in total. The maximum absolute atomic E-state index is 12.5. The van der Waals surface area contributed by atoms with Crippen molar-refractivity contribution in [2.75, 3.05) is 26.2 Å². The number of hydrogen-bond donors (Lipinski definition) is 3. The van der Waals surface area contributed by atoms with E-state index in [0.717, 1.165) is 24.9 Å². The fourth-order valence-electron chi connectivity index (χ4n) is 4.22. The van der Waals surface area contributed by atoms with Gasteiger partial charge in [-0.1, -0.05) is 12.1 Å². The van der Waals surface area contributed by atoms with Crippen LogP contribution >= 0.6 is 0 Å². The van der Waals surface area contributed by atoms with E-state index in [0.29, 0.717) is 31.8 Å². The Bertz CT molecular complexity index is 729. The van der Waals surface area contributed by atoms with Crippen LogP contribution in [0, 0.1) is 5.41 Å². The van der Waals surface area contributed by atoms with Crippen LogP contribution in [-0.4, -0.2) is 59.7 Å². The van der Waals surface area contributed by atoms with Gasteiger partial charge in [-0.25, -0.2) is 0 Å². The molecule has 2 saturated heterocycles. The second-order valence-corrected chi connectivity index (χ2v) is 9.26. The standard InChI is InChI=1S/C22H33N3O4/c1-21(2,3)24-19(27)14-29-17-7-5-16(6-8-17)13-25-12-9-18(26)22(15-25)10-4-11-23-20(22)28/h5-8,18,26H,4,9-15H2,1-3H3,(H,23,28)(H,24,27)/t18?,22-/m1/s1. The van der Waals surface area contributed by atoms with Gasteiger partial charge >= 0.3 is 0 Å². The Morgan fingerprint density at radius 1 is 1.34 bits per heavy atom. The lowest BCUT2D eigenvalue weighted by Gasteiger charge is -2.47.